The number of hydrogen-bond donors (Lipinski definition) is 2. The number of carbonyl (C=O) groups excluding carboxylic acids is 1. The van der Waals surface area contributed by atoms with Crippen molar-refractivity contribution in [3.8, 4) is 5.75 Å². The number of para-hydroxylation sites is 1. The predicted molar refractivity (Wildman–Crippen MR) is 58.6 cm³/mol. The van der Waals surface area contributed by atoms with Gasteiger partial charge in [-0.2, -0.15) is 0 Å². The van der Waals surface area contributed by atoms with Crippen LogP contribution in [0.1, 0.15) is 12.5 Å². The number of alkyl halides is 3. The second kappa shape index (κ2) is 5.72. The van der Waals surface area contributed by atoms with Crippen molar-refractivity contribution in [2.45, 2.75) is 25.9 Å². The van der Waals surface area contributed by atoms with Crippen LogP contribution in [0.4, 0.5) is 13.2 Å². The largest absolute Gasteiger partial charge is 0.573 e. The summed E-state index contributed by atoms with van der Waals surface area (Å²) in [4.78, 5) is 11.2. The van der Waals surface area contributed by atoms with Crippen molar-refractivity contribution in [1.29, 1.82) is 0 Å². The number of carbonyl (C=O) groups is 1. The number of halogens is 3. The summed E-state index contributed by atoms with van der Waals surface area (Å²) in [6.45, 7) is 1.40. The van der Waals surface area contributed by atoms with E-state index in [-0.39, 0.29) is 17.9 Å². The number of ether oxygens (including phenoxy) is 1. The Balaban J connectivity index is 2.74. The molecule has 1 aromatic rings. The molecular formula is C11H13F3N2O2. The monoisotopic (exact) mass is 262 g/mol. The summed E-state index contributed by atoms with van der Waals surface area (Å²) >= 11 is 0. The minimum absolute atomic E-state index is 0.0768. The predicted octanol–water partition coefficient (Wildman–Crippen LogP) is 1.55. The van der Waals surface area contributed by atoms with E-state index in [4.69, 9.17) is 5.73 Å². The Labute approximate surface area is 102 Å². The first-order valence-corrected chi connectivity index (χ1v) is 5.16. The lowest BCUT2D eigenvalue weighted by atomic mass is 10.2. The van der Waals surface area contributed by atoms with Gasteiger partial charge in [-0.25, -0.2) is 0 Å². The molecular weight excluding hydrogens is 249 g/mol. The zero-order chi connectivity index (χ0) is 13.8. The maximum Gasteiger partial charge on any atom is 0.573 e. The van der Waals surface area contributed by atoms with Crippen molar-refractivity contribution in [3.63, 3.8) is 0 Å². The smallest absolute Gasteiger partial charge is 0.405 e. The maximum atomic E-state index is 12.1. The van der Waals surface area contributed by atoms with E-state index in [0.717, 1.165) is 0 Å². The molecule has 0 radical (unpaired) electrons. The highest BCUT2D eigenvalue weighted by Gasteiger charge is 2.31. The van der Waals surface area contributed by atoms with Crippen LogP contribution in [0.5, 0.6) is 5.75 Å². The average Bonchev–Trinajstić information content (AvgIpc) is 2.25. The Kier molecular flexibility index (Phi) is 4.55. The Bertz CT molecular complexity index is 419. The van der Waals surface area contributed by atoms with Gasteiger partial charge in [-0.15, -0.1) is 13.2 Å². The normalized spacial score (nSPS) is 12.9. The summed E-state index contributed by atoms with van der Waals surface area (Å²) in [5, 5.41) is 2.41. The Hall–Kier alpha value is -1.76. The lowest BCUT2D eigenvalue weighted by molar-refractivity contribution is -0.274. The molecule has 0 aliphatic rings. The molecule has 100 valence electrons. The molecule has 1 rings (SSSR count). The molecule has 1 amide bonds. The highest BCUT2D eigenvalue weighted by Crippen LogP contribution is 2.25. The first-order chi connectivity index (χ1) is 8.29. The fraction of sp³-hybridized carbons (Fsp3) is 0.364. The molecule has 0 heterocycles. The van der Waals surface area contributed by atoms with Crippen LogP contribution in [0, 0.1) is 0 Å². The minimum atomic E-state index is -4.76. The van der Waals surface area contributed by atoms with Crippen molar-refractivity contribution in [2.75, 3.05) is 0 Å². The summed E-state index contributed by atoms with van der Waals surface area (Å²) < 4.78 is 40.2. The molecule has 1 atom stereocenters. The fourth-order valence-corrected chi connectivity index (χ4v) is 1.22. The van der Waals surface area contributed by atoms with Gasteiger partial charge in [0.05, 0.1) is 6.04 Å². The van der Waals surface area contributed by atoms with Crippen LogP contribution in [0.2, 0.25) is 0 Å². The van der Waals surface area contributed by atoms with Gasteiger partial charge >= 0.3 is 6.36 Å². The minimum Gasteiger partial charge on any atom is -0.405 e. The van der Waals surface area contributed by atoms with Crippen LogP contribution in [0.3, 0.4) is 0 Å². The molecule has 0 saturated carbocycles. The summed E-state index contributed by atoms with van der Waals surface area (Å²) in [5.74, 6) is -0.785. The van der Waals surface area contributed by atoms with Crippen LogP contribution >= 0.6 is 0 Å². The fourth-order valence-electron chi connectivity index (χ4n) is 1.22. The Morgan fingerprint density at radius 2 is 2.06 bits per heavy atom. The third-order valence-corrected chi connectivity index (χ3v) is 2.06. The topological polar surface area (TPSA) is 64.4 Å². The zero-order valence-corrected chi connectivity index (χ0v) is 9.62. The second-order valence-corrected chi connectivity index (χ2v) is 3.66. The van der Waals surface area contributed by atoms with Crippen LogP contribution in [-0.2, 0) is 11.3 Å². The molecule has 3 N–H and O–H groups in total. The molecule has 1 aromatic carbocycles. The van der Waals surface area contributed by atoms with Crippen LogP contribution < -0.4 is 15.8 Å². The molecule has 0 saturated heterocycles. The molecule has 0 spiro atoms. The van der Waals surface area contributed by atoms with Gasteiger partial charge in [0.15, 0.2) is 0 Å². The first kappa shape index (κ1) is 14.3. The number of nitrogens with two attached hydrogens (primary N) is 1. The molecule has 7 heteroatoms. The summed E-state index contributed by atoms with van der Waals surface area (Å²) in [6.07, 6.45) is -4.76. The second-order valence-electron chi connectivity index (χ2n) is 3.66. The van der Waals surface area contributed by atoms with Crippen LogP contribution in [-0.4, -0.2) is 18.3 Å². The molecule has 0 fully saturated rings. The number of rotatable bonds is 4. The molecule has 18 heavy (non-hydrogen) atoms. The van der Waals surface area contributed by atoms with Gasteiger partial charge in [0.25, 0.3) is 0 Å². The number of nitrogens with one attached hydrogen (secondary N) is 1. The summed E-state index contributed by atoms with van der Waals surface area (Å²) in [7, 11) is 0. The van der Waals surface area contributed by atoms with E-state index in [9.17, 15) is 18.0 Å². The van der Waals surface area contributed by atoms with Gasteiger partial charge in [-0.05, 0) is 13.0 Å². The summed E-state index contributed by atoms with van der Waals surface area (Å²) in [6, 6.07) is 4.86. The summed E-state index contributed by atoms with van der Waals surface area (Å²) in [5.41, 5.74) is 5.54. The molecule has 1 unspecified atom stereocenters. The molecule has 0 aromatic heterocycles. The van der Waals surface area contributed by atoms with Gasteiger partial charge in [0.1, 0.15) is 5.75 Å². The van der Waals surface area contributed by atoms with Crippen molar-refractivity contribution in [1.82, 2.24) is 5.32 Å². The molecule has 0 aliphatic heterocycles. The van der Waals surface area contributed by atoms with E-state index < -0.39 is 18.3 Å². The van der Waals surface area contributed by atoms with Crippen LogP contribution in [0.25, 0.3) is 0 Å². The maximum absolute atomic E-state index is 12.1. The van der Waals surface area contributed by atoms with Crippen LogP contribution in [0.15, 0.2) is 24.3 Å². The third kappa shape index (κ3) is 4.62. The molecule has 0 aliphatic carbocycles. The number of hydrogen-bond acceptors (Lipinski definition) is 3. The lowest BCUT2D eigenvalue weighted by Crippen LogP contribution is -2.37. The zero-order valence-electron chi connectivity index (χ0n) is 9.62. The number of amides is 1. The van der Waals surface area contributed by atoms with E-state index in [1.165, 1.54) is 25.1 Å². The van der Waals surface area contributed by atoms with E-state index in [1.54, 1.807) is 6.07 Å². The average molecular weight is 262 g/mol. The molecule has 0 bridgehead atoms. The van der Waals surface area contributed by atoms with E-state index in [1.807, 2.05) is 0 Å². The van der Waals surface area contributed by atoms with Crippen molar-refractivity contribution < 1.29 is 22.7 Å². The van der Waals surface area contributed by atoms with Gasteiger partial charge in [-0.3, -0.25) is 4.79 Å². The van der Waals surface area contributed by atoms with Crippen molar-refractivity contribution >= 4 is 5.91 Å². The number of benzene rings is 1. The quantitative estimate of drug-likeness (QED) is 0.865. The lowest BCUT2D eigenvalue weighted by Gasteiger charge is -2.14. The SMILES string of the molecule is CC(N)C(=O)NCc1ccccc1OC(F)(F)F. The van der Waals surface area contributed by atoms with Gasteiger partial charge in [0.2, 0.25) is 5.91 Å². The molecule has 4 nitrogen and oxygen atoms in total. The van der Waals surface area contributed by atoms with Gasteiger partial charge in [0, 0.05) is 12.1 Å². The Morgan fingerprint density at radius 1 is 1.44 bits per heavy atom. The van der Waals surface area contributed by atoms with E-state index in [0.29, 0.717) is 0 Å². The van der Waals surface area contributed by atoms with E-state index >= 15 is 0 Å². The van der Waals surface area contributed by atoms with Gasteiger partial charge < -0.3 is 15.8 Å². The van der Waals surface area contributed by atoms with Gasteiger partial charge in [-0.1, -0.05) is 18.2 Å². The standard InChI is InChI=1S/C11H13F3N2O2/c1-7(15)10(17)16-6-8-4-2-3-5-9(8)18-11(12,13)14/h2-5,7H,6,15H2,1H3,(H,16,17). The third-order valence-electron chi connectivity index (χ3n) is 2.06. The Morgan fingerprint density at radius 3 is 2.61 bits per heavy atom. The highest BCUT2D eigenvalue weighted by molar-refractivity contribution is 5.80. The van der Waals surface area contributed by atoms with E-state index in [2.05, 4.69) is 10.1 Å². The highest BCUT2D eigenvalue weighted by atomic mass is 19.4. The van der Waals surface area contributed by atoms with Crippen molar-refractivity contribution in [3.05, 3.63) is 29.8 Å². The first-order valence-electron chi connectivity index (χ1n) is 5.16. The van der Waals surface area contributed by atoms with Crippen molar-refractivity contribution in [2.24, 2.45) is 5.73 Å².